The summed E-state index contributed by atoms with van der Waals surface area (Å²) in [6.07, 6.45) is 0. The molecule has 2 nitrogen and oxygen atoms in total. The zero-order valence-electron chi connectivity index (χ0n) is 9.86. The molecule has 2 N–H and O–H groups in total. The van der Waals surface area contributed by atoms with E-state index in [4.69, 9.17) is 33.7 Å². The minimum Gasteiger partial charge on any atom is -0.457 e. The smallest absolute Gasteiger partial charge is 0.128 e. The second kappa shape index (κ2) is 5.61. The molecule has 0 heterocycles. The van der Waals surface area contributed by atoms with Crippen LogP contribution in [-0.2, 0) is 0 Å². The molecule has 0 saturated carbocycles. The average Bonchev–Trinajstić information content (AvgIpc) is 2.32. The van der Waals surface area contributed by atoms with Gasteiger partial charge in [0, 0.05) is 16.1 Å². The molecule has 0 saturated heterocycles. The summed E-state index contributed by atoms with van der Waals surface area (Å²) in [5.74, 6) is 1.38. The molecule has 2 aromatic carbocycles. The fourth-order valence-electron chi connectivity index (χ4n) is 1.58. The first-order chi connectivity index (χ1) is 8.56. The van der Waals surface area contributed by atoms with Gasteiger partial charge in [0.15, 0.2) is 0 Å². The van der Waals surface area contributed by atoms with Gasteiger partial charge in [0.1, 0.15) is 11.5 Å². The summed E-state index contributed by atoms with van der Waals surface area (Å²) in [5, 5.41) is 1.28. The number of hydrogen-bond acceptors (Lipinski definition) is 2. The Balaban J connectivity index is 2.20. The van der Waals surface area contributed by atoms with Crippen LogP contribution in [0.1, 0.15) is 18.5 Å². The number of hydrogen-bond donors (Lipinski definition) is 1. The van der Waals surface area contributed by atoms with Crippen LogP contribution in [0.2, 0.25) is 10.0 Å². The van der Waals surface area contributed by atoms with Crippen molar-refractivity contribution >= 4 is 23.2 Å². The Labute approximate surface area is 116 Å². The van der Waals surface area contributed by atoms with Crippen molar-refractivity contribution in [1.29, 1.82) is 0 Å². The van der Waals surface area contributed by atoms with Gasteiger partial charge in [-0.05, 0) is 48.9 Å². The fraction of sp³-hybridized carbons (Fsp3) is 0.143. The van der Waals surface area contributed by atoms with Crippen LogP contribution in [0.4, 0.5) is 0 Å². The normalized spacial score (nSPS) is 12.2. The summed E-state index contributed by atoms with van der Waals surface area (Å²) < 4.78 is 5.67. The minimum absolute atomic E-state index is 0.0953. The maximum absolute atomic E-state index is 6.13. The highest BCUT2D eigenvalue weighted by molar-refractivity contribution is 6.31. The number of nitrogens with two attached hydrogens (primary N) is 1. The van der Waals surface area contributed by atoms with Crippen LogP contribution >= 0.6 is 23.2 Å². The molecular weight excluding hydrogens is 269 g/mol. The average molecular weight is 282 g/mol. The molecule has 2 rings (SSSR count). The van der Waals surface area contributed by atoms with E-state index in [1.807, 2.05) is 19.1 Å². The van der Waals surface area contributed by atoms with Gasteiger partial charge in [-0.15, -0.1) is 0 Å². The lowest BCUT2D eigenvalue weighted by molar-refractivity contribution is 0.482. The van der Waals surface area contributed by atoms with E-state index in [1.54, 1.807) is 30.3 Å². The van der Waals surface area contributed by atoms with Gasteiger partial charge in [-0.2, -0.15) is 0 Å². The largest absolute Gasteiger partial charge is 0.457 e. The monoisotopic (exact) mass is 281 g/mol. The van der Waals surface area contributed by atoms with Gasteiger partial charge in [-0.1, -0.05) is 29.3 Å². The number of ether oxygens (including phenoxy) is 1. The van der Waals surface area contributed by atoms with E-state index < -0.39 is 0 Å². The molecule has 94 valence electrons. The van der Waals surface area contributed by atoms with Crippen LogP contribution in [0.15, 0.2) is 42.5 Å². The topological polar surface area (TPSA) is 35.2 Å². The summed E-state index contributed by atoms with van der Waals surface area (Å²) in [6, 6.07) is 12.5. The Morgan fingerprint density at radius 2 is 1.61 bits per heavy atom. The zero-order chi connectivity index (χ0) is 13.1. The van der Waals surface area contributed by atoms with E-state index in [0.29, 0.717) is 21.5 Å². The predicted molar refractivity (Wildman–Crippen MR) is 75.6 cm³/mol. The van der Waals surface area contributed by atoms with Gasteiger partial charge < -0.3 is 10.5 Å². The maximum Gasteiger partial charge on any atom is 0.128 e. The lowest BCUT2D eigenvalue weighted by Gasteiger charge is -2.11. The molecular formula is C14H13Cl2NO. The predicted octanol–water partition coefficient (Wildman–Crippen LogP) is 4.81. The molecule has 0 amide bonds. The van der Waals surface area contributed by atoms with E-state index in [0.717, 1.165) is 5.56 Å². The van der Waals surface area contributed by atoms with Crippen LogP contribution in [0.25, 0.3) is 0 Å². The van der Waals surface area contributed by atoms with Crippen molar-refractivity contribution in [3.8, 4) is 11.5 Å². The molecule has 18 heavy (non-hydrogen) atoms. The second-order valence-corrected chi connectivity index (χ2v) is 4.87. The van der Waals surface area contributed by atoms with Gasteiger partial charge >= 0.3 is 0 Å². The molecule has 0 bridgehead atoms. The summed E-state index contributed by atoms with van der Waals surface area (Å²) in [6.45, 7) is 1.89. The highest BCUT2D eigenvalue weighted by Crippen LogP contribution is 2.29. The first kappa shape index (κ1) is 13.2. The zero-order valence-corrected chi connectivity index (χ0v) is 11.4. The Morgan fingerprint density at radius 1 is 1.00 bits per heavy atom. The van der Waals surface area contributed by atoms with Crippen LogP contribution in [0, 0.1) is 0 Å². The van der Waals surface area contributed by atoms with Crippen molar-refractivity contribution in [2.45, 2.75) is 13.0 Å². The Morgan fingerprint density at radius 3 is 2.17 bits per heavy atom. The van der Waals surface area contributed by atoms with Crippen LogP contribution < -0.4 is 10.5 Å². The van der Waals surface area contributed by atoms with Gasteiger partial charge in [-0.3, -0.25) is 0 Å². The van der Waals surface area contributed by atoms with Crippen molar-refractivity contribution in [2.75, 3.05) is 0 Å². The van der Waals surface area contributed by atoms with Crippen molar-refractivity contribution in [1.82, 2.24) is 0 Å². The molecule has 0 aliphatic heterocycles. The highest BCUT2D eigenvalue weighted by Gasteiger charge is 2.07. The summed E-state index contributed by atoms with van der Waals surface area (Å²) in [4.78, 5) is 0. The molecule has 2 aromatic rings. The van der Waals surface area contributed by atoms with Crippen molar-refractivity contribution in [3.05, 3.63) is 58.1 Å². The van der Waals surface area contributed by atoms with Crippen LogP contribution in [-0.4, -0.2) is 0 Å². The quantitative estimate of drug-likeness (QED) is 0.877. The van der Waals surface area contributed by atoms with E-state index in [9.17, 15) is 0 Å². The van der Waals surface area contributed by atoms with Gasteiger partial charge in [0.25, 0.3) is 0 Å². The molecule has 0 aliphatic carbocycles. The summed E-state index contributed by atoms with van der Waals surface area (Å²) in [5.41, 5.74) is 6.70. The second-order valence-electron chi connectivity index (χ2n) is 4.03. The lowest BCUT2D eigenvalue weighted by Crippen LogP contribution is -2.05. The van der Waals surface area contributed by atoms with Gasteiger partial charge in [0.05, 0.1) is 0 Å². The molecule has 1 atom stereocenters. The lowest BCUT2D eigenvalue weighted by atomic mass is 10.1. The first-order valence-electron chi connectivity index (χ1n) is 5.54. The van der Waals surface area contributed by atoms with Crippen molar-refractivity contribution < 1.29 is 4.74 Å². The van der Waals surface area contributed by atoms with E-state index >= 15 is 0 Å². The Hall–Kier alpha value is -1.22. The number of halogens is 2. The van der Waals surface area contributed by atoms with E-state index in [1.165, 1.54) is 0 Å². The maximum atomic E-state index is 6.13. The highest BCUT2D eigenvalue weighted by atomic mass is 35.5. The van der Waals surface area contributed by atoms with Crippen molar-refractivity contribution in [2.24, 2.45) is 5.73 Å². The first-order valence-corrected chi connectivity index (χ1v) is 6.30. The van der Waals surface area contributed by atoms with Gasteiger partial charge in [0.2, 0.25) is 0 Å². The number of rotatable bonds is 3. The third kappa shape index (κ3) is 3.16. The van der Waals surface area contributed by atoms with Gasteiger partial charge in [-0.25, -0.2) is 0 Å². The summed E-state index contributed by atoms with van der Waals surface area (Å²) in [7, 11) is 0. The number of benzene rings is 2. The minimum atomic E-state index is -0.0953. The standard InChI is InChI=1S/C14H13Cl2NO/c1-9(17)13-7-6-12(8-14(13)16)18-11-4-2-10(15)3-5-11/h2-9H,17H2,1H3. The third-order valence-electron chi connectivity index (χ3n) is 2.51. The molecule has 0 aromatic heterocycles. The molecule has 1 unspecified atom stereocenters. The molecule has 0 fully saturated rings. The Kier molecular flexibility index (Phi) is 4.12. The molecule has 0 aliphatic rings. The molecule has 4 heteroatoms. The van der Waals surface area contributed by atoms with E-state index in [-0.39, 0.29) is 6.04 Å². The molecule has 0 radical (unpaired) electrons. The van der Waals surface area contributed by atoms with Crippen molar-refractivity contribution in [3.63, 3.8) is 0 Å². The fourth-order valence-corrected chi connectivity index (χ4v) is 2.05. The summed E-state index contributed by atoms with van der Waals surface area (Å²) >= 11 is 11.9. The Bertz CT molecular complexity index is 538. The van der Waals surface area contributed by atoms with E-state index in [2.05, 4.69) is 0 Å². The molecule has 0 spiro atoms. The van der Waals surface area contributed by atoms with Crippen LogP contribution in [0.3, 0.4) is 0 Å². The van der Waals surface area contributed by atoms with Crippen LogP contribution in [0.5, 0.6) is 11.5 Å². The third-order valence-corrected chi connectivity index (χ3v) is 3.09. The SMILES string of the molecule is CC(N)c1ccc(Oc2ccc(Cl)cc2)cc1Cl.